The van der Waals surface area contributed by atoms with Crippen molar-refractivity contribution >= 4 is 5.82 Å². The number of aromatic nitrogens is 2. The number of nitrogens with zero attached hydrogens (tertiary/aromatic N) is 3. The van der Waals surface area contributed by atoms with Gasteiger partial charge in [0, 0.05) is 19.7 Å². The minimum absolute atomic E-state index is 0.490. The van der Waals surface area contributed by atoms with Crippen LogP contribution >= 0.6 is 0 Å². The van der Waals surface area contributed by atoms with Gasteiger partial charge in [-0.15, -0.1) is 0 Å². The van der Waals surface area contributed by atoms with Gasteiger partial charge in [0.1, 0.15) is 12.1 Å². The SMILES string of the molecule is CCN(C)c1cc(F)ncn1. The summed E-state index contributed by atoms with van der Waals surface area (Å²) in [4.78, 5) is 9.08. The number of halogens is 1. The monoisotopic (exact) mass is 155 g/mol. The van der Waals surface area contributed by atoms with Crippen LogP contribution in [0.1, 0.15) is 6.92 Å². The maximum Gasteiger partial charge on any atom is 0.218 e. The fourth-order valence-corrected chi connectivity index (χ4v) is 0.695. The summed E-state index contributed by atoms with van der Waals surface area (Å²) in [5, 5.41) is 0. The van der Waals surface area contributed by atoms with Crippen LogP contribution < -0.4 is 4.90 Å². The summed E-state index contributed by atoms with van der Waals surface area (Å²) in [5.74, 6) is 0.121. The van der Waals surface area contributed by atoms with E-state index in [-0.39, 0.29) is 0 Å². The Labute approximate surface area is 64.9 Å². The van der Waals surface area contributed by atoms with E-state index in [1.165, 1.54) is 12.4 Å². The minimum Gasteiger partial charge on any atom is -0.360 e. The second-order valence-corrected chi connectivity index (χ2v) is 2.21. The molecular weight excluding hydrogens is 145 g/mol. The molecule has 3 nitrogen and oxygen atoms in total. The highest BCUT2D eigenvalue weighted by Gasteiger charge is 2.00. The highest BCUT2D eigenvalue weighted by Crippen LogP contribution is 2.06. The Kier molecular flexibility index (Phi) is 2.36. The molecule has 0 saturated carbocycles. The van der Waals surface area contributed by atoms with E-state index in [4.69, 9.17) is 0 Å². The van der Waals surface area contributed by atoms with Crippen molar-refractivity contribution in [3.8, 4) is 0 Å². The molecule has 1 aromatic heterocycles. The molecule has 0 aliphatic rings. The van der Waals surface area contributed by atoms with E-state index in [0.717, 1.165) is 6.54 Å². The molecule has 0 aliphatic carbocycles. The summed E-state index contributed by atoms with van der Waals surface area (Å²) in [6.07, 6.45) is 1.22. The highest BCUT2D eigenvalue weighted by molar-refractivity contribution is 5.34. The highest BCUT2D eigenvalue weighted by atomic mass is 19.1. The van der Waals surface area contributed by atoms with Crippen molar-refractivity contribution in [3.05, 3.63) is 18.3 Å². The summed E-state index contributed by atoms with van der Waals surface area (Å²) in [5.41, 5.74) is 0. The molecule has 0 fully saturated rings. The summed E-state index contributed by atoms with van der Waals surface area (Å²) >= 11 is 0. The van der Waals surface area contributed by atoms with Gasteiger partial charge in [0.2, 0.25) is 5.95 Å². The van der Waals surface area contributed by atoms with E-state index >= 15 is 0 Å². The van der Waals surface area contributed by atoms with Gasteiger partial charge >= 0.3 is 0 Å². The Balaban J connectivity index is 2.86. The zero-order chi connectivity index (χ0) is 8.27. The lowest BCUT2D eigenvalue weighted by atomic mass is 10.5. The zero-order valence-corrected chi connectivity index (χ0v) is 6.58. The number of anilines is 1. The molecule has 1 rings (SSSR count). The minimum atomic E-state index is -0.490. The second-order valence-electron chi connectivity index (χ2n) is 2.21. The van der Waals surface area contributed by atoms with Crippen LogP contribution in [0.15, 0.2) is 12.4 Å². The van der Waals surface area contributed by atoms with Gasteiger partial charge in [-0.05, 0) is 6.92 Å². The van der Waals surface area contributed by atoms with Crippen molar-refractivity contribution in [1.82, 2.24) is 9.97 Å². The first-order valence-corrected chi connectivity index (χ1v) is 3.42. The van der Waals surface area contributed by atoms with Crippen LogP contribution in [-0.4, -0.2) is 23.6 Å². The zero-order valence-electron chi connectivity index (χ0n) is 6.58. The Morgan fingerprint density at radius 3 is 2.82 bits per heavy atom. The summed E-state index contributed by atoms with van der Waals surface area (Å²) < 4.78 is 12.5. The van der Waals surface area contributed by atoms with Crippen molar-refractivity contribution in [2.75, 3.05) is 18.5 Å². The molecule has 0 N–H and O–H groups in total. The first kappa shape index (κ1) is 7.91. The van der Waals surface area contributed by atoms with E-state index < -0.39 is 5.95 Å². The standard InChI is InChI=1S/C7H10FN3/c1-3-11(2)7-4-6(8)9-5-10-7/h4-5H,3H2,1-2H3. The summed E-state index contributed by atoms with van der Waals surface area (Å²) in [7, 11) is 1.85. The first-order chi connectivity index (χ1) is 5.24. The molecule has 1 heterocycles. The van der Waals surface area contributed by atoms with Crippen LogP contribution in [0.25, 0.3) is 0 Å². The van der Waals surface area contributed by atoms with Crippen molar-refractivity contribution in [1.29, 1.82) is 0 Å². The van der Waals surface area contributed by atoms with Gasteiger partial charge in [0.25, 0.3) is 0 Å². The largest absolute Gasteiger partial charge is 0.360 e. The quantitative estimate of drug-likeness (QED) is 0.598. The lowest BCUT2D eigenvalue weighted by Gasteiger charge is -2.13. The van der Waals surface area contributed by atoms with E-state index in [9.17, 15) is 4.39 Å². The molecule has 0 saturated heterocycles. The third kappa shape index (κ3) is 1.86. The molecule has 4 heteroatoms. The number of rotatable bonds is 2. The number of hydrogen-bond acceptors (Lipinski definition) is 3. The molecule has 0 bridgehead atoms. The topological polar surface area (TPSA) is 29.0 Å². The predicted octanol–water partition coefficient (Wildman–Crippen LogP) is 1.07. The summed E-state index contributed by atoms with van der Waals surface area (Å²) in [6.45, 7) is 2.77. The van der Waals surface area contributed by atoms with Gasteiger partial charge in [0.05, 0.1) is 0 Å². The smallest absolute Gasteiger partial charge is 0.218 e. The number of hydrogen-bond donors (Lipinski definition) is 0. The van der Waals surface area contributed by atoms with E-state index in [1.807, 2.05) is 18.9 Å². The third-order valence-electron chi connectivity index (χ3n) is 1.48. The van der Waals surface area contributed by atoms with Crippen LogP contribution in [0.2, 0.25) is 0 Å². The lowest BCUT2D eigenvalue weighted by Crippen LogP contribution is -2.17. The Hall–Kier alpha value is -1.19. The van der Waals surface area contributed by atoms with Crippen LogP contribution in [0, 0.1) is 5.95 Å². The molecule has 0 radical (unpaired) electrons. The maximum absolute atomic E-state index is 12.5. The fourth-order valence-electron chi connectivity index (χ4n) is 0.695. The Morgan fingerprint density at radius 2 is 2.27 bits per heavy atom. The van der Waals surface area contributed by atoms with Crippen molar-refractivity contribution < 1.29 is 4.39 Å². The summed E-state index contributed by atoms with van der Waals surface area (Å²) in [6, 6.07) is 1.31. The maximum atomic E-state index is 12.5. The van der Waals surface area contributed by atoms with Crippen LogP contribution in [0.4, 0.5) is 10.2 Å². The van der Waals surface area contributed by atoms with Crippen LogP contribution in [-0.2, 0) is 0 Å². The van der Waals surface area contributed by atoms with Gasteiger partial charge in [-0.1, -0.05) is 0 Å². The second kappa shape index (κ2) is 3.27. The van der Waals surface area contributed by atoms with Crippen LogP contribution in [0.5, 0.6) is 0 Å². The fraction of sp³-hybridized carbons (Fsp3) is 0.429. The van der Waals surface area contributed by atoms with Crippen LogP contribution in [0.3, 0.4) is 0 Å². The Bertz CT molecular complexity index is 239. The van der Waals surface area contributed by atoms with Gasteiger partial charge in [-0.25, -0.2) is 9.97 Å². The third-order valence-corrected chi connectivity index (χ3v) is 1.48. The molecule has 0 aromatic carbocycles. The first-order valence-electron chi connectivity index (χ1n) is 3.42. The van der Waals surface area contributed by atoms with E-state index in [2.05, 4.69) is 9.97 Å². The molecule has 0 amide bonds. The normalized spacial score (nSPS) is 9.73. The molecular formula is C7H10FN3. The molecule has 11 heavy (non-hydrogen) atoms. The van der Waals surface area contributed by atoms with Gasteiger partial charge in [-0.2, -0.15) is 4.39 Å². The average molecular weight is 155 g/mol. The molecule has 0 atom stereocenters. The van der Waals surface area contributed by atoms with E-state index in [0.29, 0.717) is 5.82 Å². The molecule has 0 aliphatic heterocycles. The Morgan fingerprint density at radius 1 is 1.55 bits per heavy atom. The predicted molar refractivity (Wildman–Crippen MR) is 40.9 cm³/mol. The average Bonchev–Trinajstić information content (AvgIpc) is 2.03. The van der Waals surface area contributed by atoms with E-state index in [1.54, 1.807) is 0 Å². The van der Waals surface area contributed by atoms with Crippen molar-refractivity contribution in [2.45, 2.75) is 6.92 Å². The molecule has 1 aromatic rings. The molecule has 60 valence electrons. The molecule has 0 unspecified atom stereocenters. The van der Waals surface area contributed by atoms with Crippen molar-refractivity contribution in [2.24, 2.45) is 0 Å². The van der Waals surface area contributed by atoms with Gasteiger partial charge in [0.15, 0.2) is 0 Å². The molecule has 0 spiro atoms. The van der Waals surface area contributed by atoms with Gasteiger partial charge < -0.3 is 4.90 Å². The van der Waals surface area contributed by atoms with Crippen molar-refractivity contribution in [3.63, 3.8) is 0 Å². The van der Waals surface area contributed by atoms with Gasteiger partial charge in [-0.3, -0.25) is 0 Å². The lowest BCUT2D eigenvalue weighted by molar-refractivity contribution is 0.579.